The fourth-order valence-electron chi connectivity index (χ4n) is 3.15. The molecule has 0 bridgehead atoms. The van der Waals surface area contributed by atoms with Crippen molar-refractivity contribution >= 4 is 11.5 Å². The minimum atomic E-state index is 0.0683. The summed E-state index contributed by atoms with van der Waals surface area (Å²) in [5.74, 6) is 0.0683. The first-order valence-corrected chi connectivity index (χ1v) is 7.49. The molecule has 3 heteroatoms. The van der Waals surface area contributed by atoms with Crippen molar-refractivity contribution in [1.29, 1.82) is 5.26 Å². The Morgan fingerprint density at radius 3 is 2.60 bits per heavy atom. The summed E-state index contributed by atoms with van der Waals surface area (Å²) in [6.45, 7) is 4.59. The number of nitriles is 1. The quantitative estimate of drug-likeness (QED) is 0.779. The van der Waals surface area contributed by atoms with Crippen LogP contribution in [0.2, 0.25) is 0 Å². The lowest BCUT2D eigenvalue weighted by Crippen LogP contribution is -2.37. The van der Waals surface area contributed by atoms with Crippen LogP contribution in [0.3, 0.4) is 0 Å². The molecule has 2 rings (SSSR count). The van der Waals surface area contributed by atoms with Crippen LogP contribution in [0.25, 0.3) is 0 Å². The van der Waals surface area contributed by atoms with Crippen molar-refractivity contribution in [2.24, 2.45) is 0 Å². The van der Waals surface area contributed by atoms with Gasteiger partial charge in [-0.2, -0.15) is 5.26 Å². The highest BCUT2D eigenvalue weighted by Crippen LogP contribution is 2.30. The van der Waals surface area contributed by atoms with E-state index >= 15 is 0 Å². The molecule has 1 fully saturated rings. The minimum absolute atomic E-state index is 0.0683. The molecule has 0 N–H and O–H groups in total. The van der Waals surface area contributed by atoms with Gasteiger partial charge in [-0.1, -0.05) is 19.3 Å². The van der Waals surface area contributed by atoms with Gasteiger partial charge in [0.2, 0.25) is 0 Å². The Bertz CT molecular complexity index is 524. The molecule has 1 aromatic rings. The van der Waals surface area contributed by atoms with Crippen LogP contribution >= 0.6 is 0 Å². The van der Waals surface area contributed by atoms with Crippen molar-refractivity contribution in [3.05, 3.63) is 29.3 Å². The van der Waals surface area contributed by atoms with E-state index in [1.807, 2.05) is 6.07 Å². The van der Waals surface area contributed by atoms with E-state index in [2.05, 4.69) is 17.9 Å². The van der Waals surface area contributed by atoms with Crippen molar-refractivity contribution in [2.45, 2.75) is 52.0 Å². The molecule has 1 aromatic carbocycles. The number of carbonyl (C=O) groups is 1. The Morgan fingerprint density at radius 1 is 1.35 bits per heavy atom. The third kappa shape index (κ3) is 3.01. The third-order valence-electron chi connectivity index (χ3n) is 4.17. The molecule has 0 spiro atoms. The normalized spacial score (nSPS) is 15.7. The summed E-state index contributed by atoms with van der Waals surface area (Å²) in [5.41, 5.74) is 2.29. The summed E-state index contributed by atoms with van der Waals surface area (Å²) in [6.07, 6.45) is 6.19. The molecule has 3 nitrogen and oxygen atoms in total. The predicted octanol–water partition coefficient (Wildman–Crippen LogP) is 3.92. The summed E-state index contributed by atoms with van der Waals surface area (Å²) in [4.78, 5) is 14.2. The molecule has 0 amide bonds. The van der Waals surface area contributed by atoms with Gasteiger partial charge in [0.05, 0.1) is 11.6 Å². The second-order valence-corrected chi connectivity index (χ2v) is 5.48. The zero-order valence-electron chi connectivity index (χ0n) is 12.4. The molecule has 0 radical (unpaired) electrons. The third-order valence-corrected chi connectivity index (χ3v) is 4.17. The van der Waals surface area contributed by atoms with Crippen molar-refractivity contribution in [3.63, 3.8) is 0 Å². The lowest BCUT2D eigenvalue weighted by molar-refractivity contribution is 0.101. The maximum Gasteiger partial charge on any atom is 0.161 e. The molecule has 1 aliphatic carbocycles. The Hall–Kier alpha value is -1.82. The molecule has 0 aliphatic heterocycles. The lowest BCUT2D eigenvalue weighted by Gasteiger charge is -2.36. The number of Topliss-reactive ketones (excluding diaryl/α,β-unsaturated/α-hetero) is 1. The highest BCUT2D eigenvalue weighted by molar-refractivity contribution is 6.00. The molecule has 1 saturated carbocycles. The van der Waals surface area contributed by atoms with E-state index in [0.717, 1.165) is 17.8 Å². The predicted molar refractivity (Wildman–Crippen MR) is 81.1 cm³/mol. The SMILES string of the molecule is CCN(c1cc(C#N)ccc1C(C)=O)C1CCCCC1. The fourth-order valence-corrected chi connectivity index (χ4v) is 3.15. The van der Waals surface area contributed by atoms with Gasteiger partial charge >= 0.3 is 0 Å². The van der Waals surface area contributed by atoms with Crippen molar-refractivity contribution in [2.75, 3.05) is 11.4 Å². The molecule has 1 aliphatic rings. The number of ketones is 1. The first-order valence-electron chi connectivity index (χ1n) is 7.49. The summed E-state index contributed by atoms with van der Waals surface area (Å²) in [5, 5.41) is 9.10. The molecular weight excluding hydrogens is 248 g/mol. The Morgan fingerprint density at radius 2 is 2.05 bits per heavy atom. The van der Waals surface area contributed by atoms with E-state index in [4.69, 9.17) is 5.26 Å². The minimum Gasteiger partial charge on any atom is -0.368 e. The molecule has 0 heterocycles. The van der Waals surface area contributed by atoms with E-state index < -0.39 is 0 Å². The van der Waals surface area contributed by atoms with Crippen molar-refractivity contribution in [3.8, 4) is 6.07 Å². The fraction of sp³-hybridized carbons (Fsp3) is 0.529. The van der Waals surface area contributed by atoms with Gasteiger partial charge in [0.15, 0.2) is 5.78 Å². The lowest BCUT2D eigenvalue weighted by atomic mass is 9.93. The molecule has 0 aromatic heterocycles. The van der Waals surface area contributed by atoms with Crippen LogP contribution < -0.4 is 4.90 Å². The van der Waals surface area contributed by atoms with E-state index in [-0.39, 0.29) is 5.78 Å². The summed E-state index contributed by atoms with van der Waals surface area (Å²) >= 11 is 0. The number of carbonyl (C=O) groups excluding carboxylic acids is 1. The van der Waals surface area contributed by atoms with Crippen LogP contribution in [0.15, 0.2) is 18.2 Å². The van der Waals surface area contributed by atoms with Crippen molar-refractivity contribution in [1.82, 2.24) is 0 Å². The number of benzene rings is 1. The average Bonchev–Trinajstić information content (AvgIpc) is 2.48. The molecule has 0 saturated heterocycles. The summed E-state index contributed by atoms with van der Waals surface area (Å²) in [6, 6.07) is 8.07. The number of hydrogen-bond acceptors (Lipinski definition) is 3. The van der Waals surface area contributed by atoms with E-state index in [9.17, 15) is 4.79 Å². The maximum atomic E-state index is 11.9. The highest BCUT2D eigenvalue weighted by atomic mass is 16.1. The molecule has 20 heavy (non-hydrogen) atoms. The van der Waals surface area contributed by atoms with Gasteiger partial charge in [0.25, 0.3) is 0 Å². The van der Waals surface area contributed by atoms with E-state index in [1.165, 1.54) is 32.1 Å². The average molecular weight is 270 g/mol. The van der Waals surface area contributed by atoms with E-state index in [1.54, 1.807) is 19.1 Å². The Labute approximate surface area is 121 Å². The van der Waals surface area contributed by atoms with Gasteiger partial charge in [0, 0.05) is 23.8 Å². The first kappa shape index (κ1) is 14.6. The van der Waals surface area contributed by atoms with Gasteiger partial charge in [0.1, 0.15) is 0 Å². The first-order chi connectivity index (χ1) is 9.67. The standard InChI is InChI=1S/C17H22N2O/c1-3-19(15-7-5-4-6-8-15)17-11-14(12-18)9-10-16(17)13(2)20/h9-11,15H,3-8H2,1-2H3. The van der Waals surface area contributed by atoms with Gasteiger partial charge in [-0.05, 0) is 44.9 Å². The van der Waals surface area contributed by atoms with Crippen LogP contribution in [0, 0.1) is 11.3 Å². The second-order valence-electron chi connectivity index (χ2n) is 5.48. The Kier molecular flexibility index (Phi) is 4.79. The zero-order valence-corrected chi connectivity index (χ0v) is 12.4. The van der Waals surface area contributed by atoms with Crippen LogP contribution in [0.5, 0.6) is 0 Å². The molecule has 0 unspecified atom stereocenters. The van der Waals surface area contributed by atoms with Gasteiger partial charge in [-0.15, -0.1) is 0 Å². The number of anilines is 1. The second kappa shape index (κ2) is 6.56. The highest BCUT2D eigenvalue weighted by Gasteiger charge is 2.23. The number of hydrogen-bond donors (Lipinski definition) is 0. The molecular formula is C17H22N2O. The zero-order chi connectivity index (χ0) is 14.5. The monoisotopic (exact) mass is 270 g/mol. The van der Waals surface area contributed by atoms with Crippen LogP contribution in [-0.2, 0) is 0 Å². The summed E-state index contributed by atoms with van der Waals surface area (Å²) < 4.78 is 0. The van der Waals surface area contributed by atoms with Crippen molar-refractivity contribution < 1.29 is 4.79 Å². The van der Waals surface area contributed by atoms with Crippen LogP contribution in [0.4, 0.5) is 5.69 Å². The topological polar surface area (TPSA) is 44.1 Å². The molecule has 0 atom stereocenters. The smallest absolute Gasteiger partial charge is 0.161 e. The summed E-state index contributed by atoms with van der Waals surface area (Å²) in [7, 11) is 0. The molecule has 106 valence electrons. The van der Waals surface area contributed by atoms with Gasteiger partial charge in [-0.25, -0.2) is 0 Å². The maximum absolute atomic E-state index is 11.9. The van der Waals surface area contributed by atoms with Crippen LogP contribution in [-0.4, -0.2) is 18.4 Å². The van der Waals surface area contributed by atoms with E-state index in [0.29, 0.717) is 11.6 Å². The van der Waals surface area contributed by atoms with Gasteiger partial charge in [-0.3, -0.25) is 4.79 Å². The van der Waals surface area contributed by atoms with Crippen LogP contribution in [0.1, 0.15) is 61.9 Å². The largest absolute Gasteiger partial charge is 0.368 e. The number of nitrogens with zero attached hydrogens (tertiary/aromatic N) is 2. The van der Waals surface area contributed by atoms with Gasteiger partial charge < -0.3 is 4.90 Å². The Balaban J connectivity index is 2.40. The number of rotatable bonds is 4.